The highest BCUT2D eigenvalue weighted by Crippen LogP contribution is 1.96. The van der Waals surface area contributed by atoms with Gasteiger partial charge in [-0.2, -0.15) is 0 Å². The molecule has 7 nitrogen and oxygen atoms in total. The van der Waals surface area contributed by atoms with Gasteiger partial charge in [0.1, 0.15) is 5.25 Å². The molecular weight excluding hydrogens is 198 g/mol. The summed E-state index contributed by atoms with van der Waals surface area (Å²) in [4.78, 5) is 21.1. The van der Waals surface area contributed by atoms with Crippen LogP contribution in [0.3, 0.4) is 0 Å². The zero-order valence-electron chi connectivity index (χ0n) is 7.20. The SMILES string of the molecule is CC(C(=O)NNC(N)=O)S(C)(=O)=O. The fourth-order valence-corrected chi connectivity index (χ4v) is 0.867. The molecule has 0 heterocycles. The Morgan fingerprint density at radius 1 is 1.31 bits per heavy atom. The van der Waals surface area contributed by atoms with Crippen LogP contribution in [0.2, 0.25) is 0 Å². The molecule has 0 aliphatic heterocycles. The van der Waals surface area contributed by atoms with E-state index in [9.17, 15) is 18.0 Å². The van der Waals surface area contributed by atoms with Crippen molar-refractivity contribution in [3.05, 3.63) is 0 Å². The van der Waals surface area contributed by atoms with Gasteiger partial charge in [-0.3, -0.25) is 10.2 Å². The van der Waals surface area contributed by atoms with Gasteiger partial charge < -0.3 is 5.73 Å². The van der Waals surface area contributed by atoms with E-state index in [2.05, 4.69) is 5.73 Å². The maximum absolute atomic E-state index is 10.9. The molecular formula is C5H11N3O4S. The van der Waals surface area contributed by atoms with Gasteiger partial charge >= 0.3 is 6.03 Å². The molecule has 0 aliphatic rings. The van der Waals surface area contributed by atoms with Crippen LogP contribution in [-0.2, 0) is 14.6 Å². The van der Waals surface area contributed by atoms with E-state index in [0.29, 0.717) is 0 Å². The van der Waals surface area contributed by atoms with Crippen LogP contribution >= 0.6 is 0 Å². The quantitative estimate of drug-likeness (QED) is 0.461. The third-order valence-electron chi connectivity index (χ3n) is 1.32. The number of amides is 3. The second-order valence-electron chi connectivity index (χ2n) is 2.45. The minimum atomic E-state index is -3.45. The number of urea groups is 1. The summed E-state index contributed by atoms with van der Waals surface area (Å²) >= 11 is 0. The van der Waals surface area contributed by atoms with E-state index in [1.807, 2.05) is 5.43 Å². The zero-order chi connectivity index (χ0) is 10.6. The Balaban J connectivity index is 4.22. The number of hydrogen-bond acceptors (Lipinski definition) is 4. The van der Waals surface area contributed by atoms with Crippen molar-refractivity contribution in [3.8, 4) is 0 Å². The Bertz CT molecular complexity index is 310. The lowest BCUT2D eigenvalue weighted by atomic mass is 10.5. The standard InChI is InChI=1S/C5H11N3O4S/c1-3(13(2,11)12)4(9)7-8-5(6)10/h3H,1-2H3,(H,7,9)(H3,6,8,10). The van der Waals surface area contributed by atoms with Crippen molar-refractivity contribution in [1.29, 1.82) is 0 Å². The smallest absolute Gasteiger partial charge is 0.330 e. The van der Waals surface area contributed by atoms with Gasteiger partial charge in [0.25, 0.3) is 5.91 Å². The number of primary amides is 1. The molecule has 0 rings (SSSR count). The van der Waals surface area contributed by atoms with Crippen LogP contribution in [0.1, 0.15) is 6.92 Å². The van der Waals surface area contributed by atoms with Gasteiger partial charge in [-0.05, 0) is 6.92 Å². The maximum Gasteiger partial charge on any atom is 0.330 e. The van der Waals surface area contributed by atoms with Crippen molar-refractivity contribution in [2.45, 2.75) is 12.2 Å². The van der Waals surface area contributed by atoms with E-state index in [-0.39, 0.29) is 0 Å². The molecule has 0 radical (unpaired) electrons. The Hall–Kier alpha value is -1.31. The van der Waals surface area contributed by atoms with Gasteiger partial charge in [0.15, 0.2) is 9.84 Å². The molecule has 0 aliphatic carbocycles. The van der Waals surface area contributed by atoms with Gasteiger partial charge in [-0.25, -0.2) is 18.6 Å². The number of carbonyl (C=O) groups is 2. The van der Waals surface area contributed by atoms with Crippen LogP contribution in [0.25, 0.3) is 0 Å². The molecule has 13 heavy (non-hydrogen) atoms. The van der Waals surface area contributed by atoms with Crippen molar-refractivity contribution in [2.75, 3.05) is 6.26 Å². The normalized spacial score (nSPS) is 13.1. The minimum Gasteiger partial charge on any atom is -0.350 e. The van der Waals surface area contributed by atoms with Crippen molar-refractivity contribution < 1.29 is 18.0 Å². The Morgan fingerprint density at radius 2 is 1.77 bits per heavy atom. The van der Waals surface area contributed by atoms with E-state index in [4.69, 9.17) is 0 Å². The molecule has 0 fully saturated rings. The predicted octanol–water partition coefficient (Wildman–Crippen LogP) is -1.88. The fourth-order valence-electron chi connectivity index (χ4n) is 0.419. The van der Waals surface area contributed by atoms with Gasteiger partial charge in [0.05, 0.1) is 0 Å². The number of hydrazine groups is 1. The van der Waals surface area contributed by atoms with E-state index in [1.54, 1.807) is 5.43 Å². The molecule has 0 aromatic rings. The second kappa shape index (κ2) is 4.08. The Kier molecular flexibility index (Phi) is 3.67. The lowest BCUT2D eigenvalue weighted by Crippen LogP contribution is -2.49. The van der Waals surface area contributed by atoms with Gasteiger partial charge in [0, 0.05) is 6.26 Å². The molecule has 76 valence electrons. The van der Waals surface area contributed by atoms with Crippen LogP contribution in [0.5, 0.6) is 0 Å². The molecule has 0 saturated heterocycles. The van der Waals surface area contributed by atoms with Gasteiger partial charge in [-0.1, -0.05) is 0 Å². The van der Waals surface area contributed by atoms with Crippen LogP contribution in [0, 0.1) is 0 Å². The molecule has 0 aromatic heterocycles. The van der Waals surface area contributed by atoms with Crippen molar-refractivity contribution in [1.82, 2.24) is 10.9 Å². The van der Waals surface area contributed by atoms with Crippen molar-refractivity contribution >= 4 is 21.8 Å². The lowest BCUT2D eigenvalue weighted by Gasteiger charge is -2.09. The fraction of sp³-hybridized carbons (Fsp3) is 0.600. The highest BCUT2D eigenvalue weighted by atomic mass is 32.2. The number of carbonyl (C=O) groups excluding carboxylic acids is 2. The summed E-state index contributed by atoms with van der Waals surface area (Å²) in [6.07, 6.45) is 0.918. The highest BCUT2D eigenvalue weighted by Gasteiger charge is 2.23. The van der Waals surface area contributed by atoms with Crippen molar-refractivity contribution in [3.63, 3.8) is 0 Å². The first-order chi connectivity index (χ1) is 5.75. The first kappa shape index (κ1) is 11.7. The summed E-state index contributed by atoms with van der Waals surface area (Å²) in [6, 6.07) is -0.964. The van der Waals surface area contributed by atoms with Gasteiger partial charge in [-0.15, -0.1) is 0 Å². The van der Waals surface area contributed by atoms with Crippen LogP contribution < -0.4 is 16.6 Å². The highest BCUT2D eigenvalue weighted by molar-refractivity contribution is 7.92. The van der Waals surface area contributed by atoms with E-state index >= 15 is 0 Å². The van der Waals surface area contributed by atoms with Crippen molar-refractivity contribution in [2.24, 2.45) is 5.73 Å². The summed E-state index contributed by atoms with van der Waals surface area (Å²) in [7, 11) is -3.45. The second-order valence-corrected chi connectivity index (χ2v) is 4.82. The summed E-state index contributed by atoms with van der Waals surface area (Å²) < 4.78 is 21.6. The maximum atomic E-state index is 10.9. The number of nitrogens with one attached hydrogen (secondary N) is 2. The molecule has 3 amide bonds. The first-order valence-corrected chi connectivity index (χ1v) is 5.24. The summed E-state index contributed by atoms with van der Waals surface area (Å²) in [6.45, 7) is 1.20. The van der Waals surface area contributed by atoms with Crippen LogP contribution in [-0.4, -0.2) is 31.9 Å². The number of sulfone groups is 1. The third kappa shape index (κ3) is 4.31. The van der Waals surface area contributed by atoms with E-state index < -0.39 is 27.0 Å². The summed E-state index contributed by atoms with van der Waals surface area (Å²) in [5.41, 5.74) is 8.25. The van der Waals surface area contributed by atoms with Crippen LogP contribution in [0.4, 0.5) is 4.79 Å². The Morgan fingerprint density at radius 3 is 2.08 bits per heavy atom. The predicted molar refractivity (Wildman–Crippen MR) is 45.2 cm³/mol. The molecule has 1 atom stereocenters. The number of hydrogen-bond donors (Lipinski definition) is 3. The Labute approximate surface area is 75.6 Å². The molecule has 0 aromatic carbocycles. The van der Waals surface area contributed by atoms with Crippen LogP contribution in [0.15, 0.2) is 0 Å². The average molecular weight is 209 g/mol. The molecule has 4 N–H and O–H groups in total. The summed E-state index contributed by atoms with van der Waals surface area (Å²) in [5, 5.41) is -1.22. The molecule has 0 saturated carbocycles. The molecule has 1 unspecified atom stereocenters. The monoisotopic (exact) mass is 209 g/mol. The lowest BCUT2D eigenvalue weighted by molar-refractivity contribution is -0.121. The van der Waals surface area contributed by atoms with Gasteiger partial charge in [0.2, 0.25) is 0 Å². The molecule has 0 spiro atoms. The third-order valence-corrected chi connectivity index (χ3v) is 2.82. The zero-order valence-corrected chi connectivity index (χ0v) is 8.01. The first-order valence-electron chi connectivity index (χ1n) is 3.29. The van der Waals surface area contributed by atoms with E-state index in [0.717, 1.165) is 6.26 Å². The van der Waals surface area contributed by atoms with E-state index in [1.165, 1.54) is 6.92 Å². The number of rotatable bonds is 2. The summed E-state index contributed by atoms with van der Waals surface area (Å²) in [5.74, 6) is -0.832. The average Bonchev–Trinajstić information content (AvgIpc) is 1.96. The molecule has 0 bridgehead atoms. The minimum absolute atomic E-state index is 0.832. The topological polar surface area (TPSA) is 118 Å². The number of nitrogens with two attached hydrogens (primary N) is 1. The largest absolute Gasteiger partial charge is 0.350 e. The molecule has 8 heteroatoms.